The summed E-state index contributed by atoms with van der Waals surface area (Å²) in [5, 5.41) is 18.3. The summed E-state index contributed by atoms with van der Waals surface area (Å²) in [6.07, 6.45) is -0.577. The Labute approximate surface area is 98.3 Å². The average Bonchev–Trinajstić information content (AvgIpc) is 2.57. The van der Waals surface area contributed by atoms with Crippen molar-refractivity contribution >= 4 is 17.6 Å². The van der Waals surface area contributed by atoms with E-state index in [-0.39, 0.29) is 24.4 Å². The first-order chi connectivity index (χ1) is 7.97. The number of carboxylic acids is 1. The number of amides is 1. The lowest BCUT2D eigenvalue weighted by Gasteiger charge is -2.17. The molecule has 0 saturated carbocycles. The SMILES string of the molecule is Cc1cc(C(=O)O)cc(N2CC(O)CC2=O)c1. The van der Waals surface area contributed by atoms with Gasteiger partial charge < -0.3 is 15.1 Å². The molecule has 1 aromatic carbocycles. The molecule has 1 heterocycles. The average molecular weight is 235 g/mol. The van der Waals surface area contributed by atoms with E-state index < -0.39 is 12.1 Å². The van der Waals surface area contributed by atoms with Crippen LogP contribution in [0, 0.1) is 6.92 Å². The Balaban J connectivity index is 2.39. The molecule has 1 aliphatic rings. The molecule has 1 saturated heterocycles. The first kappa shape index (κ1) is 11.6. The molecule has 1 aromatic rings. The lowest BCUT2D eigenvalue weighted by Crippen LogP contribution is -2.25. The highest BCUT2D eigenvalue weighted by Crippen LogP contribution is 2.24. The highest BCUT2D eigenvalue weighted by molar-refractivity contribution is 5.98. The number of aliphatic hydroxyl groups excluding tert-OH is 1. The Bertz CT molecular complexity index is 483. The van der Waals surface area contributed by atoms with Crippen LogP contribution in [0.2, 0.25) is 0 Å². The zero-order valence-corrected chi connectivity index (χ0v) is 9.38. The number of carboxylic acid groups (broad SMARTS) is 1. The lowest BCUT2D eigenvalue weighted by molar-refractivity contribution is -0.117. The smallest absolute Gasteiger partial charge is 0.335 e. The van der Waals surface area contributed by atoms with Crippen LogP contribution < -0.4 is 4.90 Å². The van der Waals surface area contributed by atoms with Crippen LogP contribution in [0.1, 0.15) is 22.3 Å². The van der Waals surface area contributed by atoms with Crippen molar-refractivity contribution in [3.8, 4) is 0 Å². The van der Waals surface area contributed by atoms with E-state index >= 15 is 0 Å². The van der Waals surface area contributed by atoms with Gasteiger partial charge >= 0.3 is 5.97 Å². The van der Waals surface area contributed by atoms with Crippen molar-refractivity contribution in [3.63, 3.8) is 0 Å². The number of anilines is 1. The maximum Gasteiger partial charge on any atom is 0.335 e. The van der Waals surface area contributed by atoms with Gasteiger partial charge in [0.1, 0.15) is 0 Å². The zero-order valence-electron chi connectivity index (χ0n) is 9.38. The third-order valence-corrected chi connectivity index (χ3v) is 2.73. The number of aromatic carboxylic acids is 1. The Kier molecular flexibility index (Phi) is 2.85. The normalized spacial score (nSPS) is 19.8. The molecule has 1 unspecified atom stereocenters. The maximum atomic E-state index is 11.6. The Morgan fingerprint density at radius 2 is 2.12 bits per heavy atom. The fourth-order valence-electron chi connectivity index (χ4n) is 1.98. The molecule has 0 bridgehead atoms. The van der Waals surface area contributed by atoms with E-state index in [4.69, 9.17) is 5.11 Å². The summed E-state index contributed by atoms with van der Waals surface area (Å²) in [7, 11) is 0. The first-order valence-electron chi connectivity index (χ1n) is 5.31. The van der Waals surface area contributed by atoms with Crippen LogP contribution >= 0.6 is 0 Å². The number of rotatable bonds is 2. The van der Waals surface area contributed by atoms with Gasteiger partial charge in [-0.3, -0.25) is 4.79 Å². The molecule has 90 valence electrons. The van der Waals surface area contributed by atoms with Crippen molar-refractivity contribution in [2.75, 3.05) is 11.4 Å². The second kappa shape index (κ2) is 4.18. The van der Waals surface area contributed by atoms with Crippen molar-refractivity contribution in [2.45, 2.75) is 19.4 Å². The van der Waals surface area contributed by atoms with Crippen molar-refractivity contribution in [3.05, 3.63) is 29.3 Å². The summed E-state index contributed by atoms with van der Waals surface area (Å²) < 4.78 is 0. The number of benzene rings is 1. The van der Waals surface area contributed by atoms with Gasteiger partial charge in [-0.05, 0) is 30.7 Å². The Morgan fingerprint density at radius 1 is 1.41 bits per heavy atom. The third-order valence-electron chi connectivity index (χ3n) is 2.73. The van der Waals surface area contributed by atoms with Gasteiger partial charge in [0, 0.05) is 5.69 Å². The minimum absolute atomic E-state index is 0.0936. The molecule has 1 fully saturated rings. The van der Waals surface area contributed by atoms with Crippen molar-refractivity contribution < 1.29 is 19.8 Å². The Hall–Kier alpha value is -1.88. The van der Waals surface area contributed by atoms with Crippen molar-refractivity contribution in [2.24, 2.45) is 0 Å². The number of aryl methyl sites for hydroxylation is 1. The predicted octanol–water partition coefficient (Wildman–Crippen LogP) is 0.791. The van der Waals surface area contributed by atoms with Gasteiger partial charge in [0.2, 0.25) is 5.91 Å². The fraction of sp³-hybridized carbons (Fsp3) is 0.333. The molecule has 17 heavy (non-hydrogen) atoms. The second-order valence-electron chi connectivity index (χ2n) is 4.22. The summed E-state index contributed by atoms with van der Waals surface area (Å²) >= 11 is 0. The van der Waals surface area contributed by atoms with Gasteiger partial charge in [-0.1, -0.05) is 0 Å². The van der Waals surface area contributed by atoms with Gasteiger partial charge in [-0.15, -0.1) is 0 Å². The molecule has 0 radical (unpaired) electrons. The van der Waals surface area contributed by atoms with Crippen LogP contribution in [0.15, 0.2) is 18.2 Å². The summed E-state index contributed by atoms with van der Waals surface area (Å²) in [4.78, 5) is 23.9. The van der Waals surface area contributed by atoms with E-state index in [9.17, 15) is 14.7 Å². The van der Waals surface area contributed by atoms with Gasteiger partial charge in [-0.2, -0.15) is 0 Å². The van der Waals surface area contributed by atoms with Crippen LogP contribution in [0.3, 0.4) is 0 Å². The molecule has 5 heteroatoms. The van der Waals surface area contributed by atoms with Crippen LogP contribution in [0.25, 0.3) is 0 Å². The van der Waals surface area contributed by atoms with Crippen molar-refractivity contribution in [1.29, 1.82) is 0 Å². The van der Waals surface area contributed by atoms with Crippen LogP contribution in [-0.4, -0.2) is 34.7 Å². The second-order valence-corrected chi connectivity index (χ2v) is 4.22. The summed E-state index contributed by atoms with van der Waals surface area (Å²) in [5.41, 5.74) is 1.45. The van der Waals surface area contributed by atoms with E-state index in [0.717, 1.165) is 5.56 Å². The van der Waals surface area contributed by atoms with Gasteiger partial charge in [0.05, 0.1) is 24.6 Å². The number of hydrogen-bond acceptors (Lipinski definition) is 3. The minimum atomic E-state index is -1.03. The number of carbonyl (C=O) groups is 2. The molecular formula is C12H13NO4. The molecule has 5 nitrogen and oxygen atoms in total. The lowest BCUT2D eigenvalue weighted by atomic mass is 10.1. The number of carbonyl (C=O) groups excluding carboxylic acids is 1. The first-order valence-corrected chi connectivity index (χ1v) is 5.31. The topological polar surface area (TPSA) is 77.8 Å². The molecule has 1 atom stereocenters. The molecule has 2 N–H and O–H groups in total. The van der Waals surface area contributed by atoms with Crippen LogP contribution in [-0.2, 0) is 4.79 Å². The summed E-state index contributed by atoms with van der Waals surface area (Å²) in [6.45, 7) is 1.99. The number of β-amino-alcohol motifs (C(OH)–C–C–N with tert-alkyl or cyclic N) is 1. The highest BCUT2D eigenvalue weighted by Gasteiger charge is 2.29. The van der Waals surface area contributed by atoms with E-state index in [1.165, 1.54) is 11.0 Å². The largest absolute Gasteiger partial charge is 0.478 e. The van der Waals surface area contributed by atoms with E-state index in [1.807, 2.05) is 0 Å². The van der Waals surface area contributed by atoms with E-state index in [2.05, 4.69) is 0 Å². The van der Waals surface area contributed by atoms with Gasteiger partial charge in [0.25, 0.3) is 0 Å². The number of aliphatic hydroxyl groups is 1. The molecule has 1 aliphatic heterocycles. The van der Waals surface area contributed by atoms with Crippen LogP contribution in [0.5, 0.6) is 0 Å². The zero-order chi connectivity index (χ0) is 12.6. The van der Waals surface area contributed by atoms with E-state index in [0.29, 0.717) is 5.69 Å². The van der Waals surface area contributed by atoms with Crippen LogP contribution in [0.4, 0.5) is 5.69 Å². The molecule has 0 aliphatic carbocycles. The summed E-state index contributed by atoms with van der Waals surface area (Å²) in [5.74, 6) is -1.21. The predicted molar refractivity (Wildman–Crippen MR) is 61.1 cm³/mol. The summed E-state index contributed by atoms with van der Waals surface area (Å²) in [6, 6.07) is 4.73. The quantitative estimate of drug-likeness (QED) is 0.794. The fourth-order valence-corrected chi connectivity index (χ4v) is 1.98. The number of nitrogens with zero attached hydrogens (tertiary/aromatic N) is 1. The van der Waals surface area contributed by atoms with Gasteiger partial charge in [-0.25, -0.2) is 4.79 Å². The van der Waals surface area contributed by atoms with Gasteiger partial charge in [0.15, 0.2) is 0 Å². The molecule has 0 aromatic heterocycles. The van der Waals surface area contributed by atoms with E-state index in [1.54, 1.807) is 19.1 Å². The molecule has 2 rings (SSSR count). The van der Waals surface area contributed by atoms with Crippen molar-refractivity contribution in [1.82, 2.24) is 0 Å². The molecular weight excluding hydrogens is 222 g/mol. The number of hydrogen-bond donors (Lipinski definition) is 2. The monoisotopic (exact) mass is 235 g/mol. The molecule has 0 spiro atoms. The highest BCUT2D eigenvalue weighted by atomic mass is 16.4. The molecule has 1 amide bonds. The third kappa shape index (κ3) is 2.29. The Morgan fingerprint density at radius 3 is 2.65 bits per heavy atom. The standard InChI is InChI=1S/C12H13NO4/c1-7-2-8(12(16)17)4-9(3-7)13-6-10(14)5-11(13)15/h2-4,10,14H,5-6H2,1H3,(H,16,17). The minimum Gasteiger partial charge on any atom is -0.478 e. The maximum absolute atomic E-state index is 11.6.